The Bertz CT molecular complexity index is 1020. The summed E-state index contributed by atoms with van der Waals surface area (Å²) in [4.78, 5) is 47.9. The molecule has 4 heterocycles. The molecule has 0 spiro atoms. The lowest BCUT2D eigenvalue weighted by atomic mass is 10.0. The van der Waals surface area contributed by atoms with Crippen molar-refractivity contribution in [3.8, 4) is 0 Å². The maximum absolute atomic E-state index is 12.9. The van der Waals surface area contributed by atoms with Gasteiger partial charge in [-0.15, -0.1) is 23.1 Å². The Morgan fingerprint density at radius 3 is 2.75 bits per heavy atom. The Labute approximate surface area is 192 Å². The van der Waals surface area contributed by atoms with Crippen LogP contribution in [0.4, 0.5) is 5.13 Å². The van der Waals surface area contributed by atoms with Crippen molar-refractivity contribution >= 4 is 51.7 Å². The number of thiazole rings is 1. The number of carboxylic acid groups (broad SMARTS) is 1. The molecule has 2 atom stereocenters. The summed E-state index contributed by atoms with van der Waals surface area (Å²) in [6.45, 7) is 2.61. The number of oxime groups is 1. The zero-order valence-electron chi connectivity index (χ0n) is 17.7. The largest absolute Gasteiger partial charge is 0.477 e. The molecule has 1 aromatic heterocycles. The van der Waals surface area contributed by atoms with E-state index in [4.69, 9.17) is 10.6 Å². The zero-order valence-corrected chi connectivity index (χ0v) is 19.4. The molecule has 13 heteroatoms. The minimum atomic E-state index is -1.12. The van der Waals surface area contributed by atoms with Gasteiger partial charge < -0.3 is 25.5 Å². The standard InChI is InChI=1S/C19H24N6O5S2/c1-25(5-3-4-6-25)7-10-8-31-17-13(16(27)24(17)14(10)18(28)29)22-15(26)12(23-30-2)11-9-32-19(20)21-11/h9,13,17H,3-8H2,1-2H3,(H3-,20,21,22,26,28,29)/p+1/t13?,17-/m0/s1. The van der Waals surface area contributed by atoms with Gasteiger partial charge in [-0.05, 0) is 0 Å². The maximum Gasteiger partial charge on any atom is 0.352 e. The first-order valence-electron chi connectivity index (χ1n) is 10.1. The van der Waals surface area contributed by atoms with Crippen molar-refractivity contribution in [2.45, 2.75) is 24.3 Å². The number of nitrogen functional groups attached to an aromatic ring is 1. The van der Waals surface area contributed by atoms with Crippen LogP contribution in [0.5, 0.6) is 0 Å². The van der Waals surface area contributed by atoms with Gasteiger partial charge >= 0.3 is 5.97 Å². The summed E-state index contributed by atoms with van der Waals surface area (Å²) in [7, 11) is 3.42. The molecule has 172 valence electrons. The van der Waals surface area contributed by atoms with Gasteiger partial charge in [-0.1, -0.05) is 5.16 Å². The topological polar surface area (TPSA) is 147 Å². The molecule has 2 saturated heterocycles. The smallest absolute Gasteiger partial charge is 0.352 e. The summed E-state index contributed by atoms with van der Waals surface area (Å²) >= 11 is 2.61. The Hall–Kier alpha value is -2.64. The summed E-state index contributed by atoms with van der Waals surface area (Å²) in [6.07, 6.45) is 2.24. The number of hydrogen-bond acceptors (Lipinski definition) is 9. The van der Waals surface area contributed by atoms with Crippen molar-refractivity contribution in [3.63, 3.8) is 0 Å². The van der Waals surface area contributed by atoms with E-state index in [1.165, 1.54) is 23.8 Å². The van der Waals surface area contributed by atoms with E-state index in [-0.39, 0.29) is 22.2 Å². The number of rotatable bonds is 7. The lowest BCUT2D eigenvalue weighted by molar-refractivity contribution is -0.893. The molecule has 2 amide bonds. The van der Waals surface area contributed by atoms with Gasteiger partial charge in [0, 0.05) is 29.5 Å². The summed E-state index contributed by atoms with van der Waals surface area (Å²) in [6, 6.07) is -0.863. The predicted molar refractivity (Wildman–Crippen MR) is 120 cm³/mol. The normalized spacial score (nSPS) is 24.8. The van der Waals surface area contributed by atoms with Crippen LogP contribution in [0.3, 0.4) is 0 Å². The highest BCUT2D eigenvalue weighted by atomic mass is 32.2. The number of nitrogens with zero attached hydrogens (tertiary/aromatic N) is 4. The van der Waals surface area contributed by atoms with E-state index in [0.29, 0.717) is 12.3 Å². The fourth-order valence-corrected chi connectivity index (χ4v) is 6.31. The third kappa shape index (κ3) is 4.07. The average molecular weight is 482 g/mol. The van der Waals surface area contributed by atoms with Gasteiger partial charge in [0.1, 0.15) is 36.5 Å². The number of thioether (sulfide) groups is 1. The fourth-order valence-electron chi connectivity index (χ4n) is 4.42. The van der Waals surface area contributed by atoms with Crippen LogP contribution in [0, 0.1) is 0 Å². The van der Waals surface area contributed by atoms with Crippen molar-refractivity contribution < 1.29 is 28.8 Å². The molecule has 3 aliphatic rings. The van der Waals surface area contributed by atoms with Gasteiger partial charge in [-0.25, -0.2) is 9.78 Å². The average Bonchev–Trinajstić information content (AvgIpc) is 3.37. The number of carbonyl (C=O) groups excluding carboxylic acids is 2. The summed E-state index contributed by atoms with van der Waals surface area (Å²) < 4.78 is 0.785. The number of fused-ring (bicyclic) bond motifs is 1. The quantitative estimate of drug-likeness (QED) is 0.214. The van der Waals surface area contributed by atoms with Gasteiger partial charge in [-0.2, -0.15) is 0 Å². The zero-order chi connectivity index (χ0) is 23.0. The van der Waals surface area contributed by atoms with Crippen LogP contribution in [0.25, 0.3) is 0 Å². The van der Waals surface area contributed by atoms with Gasteiger partial charge in [0.2, 0.25) is 0 Å². The molecular formula is C19H25N6O5S2+. The Morgan fingerprint density at radius 2 is 2.16 bits per heavy atom. The van der Waals surface area contributed by atoms with Gasteiger partial charge in [0.15, 0.2) is 10.8 Å². The van der Waals surface area contributed by atoms with E-state index >= 15 is 0 Å². The van der Waals surface area contributed by atoms with Crippen molar-refractivity contribution in [2.24, 2.45) is 5.16 Å². The van der Waals surface area contributed by atoms with E-state index in [1.807, 2.05) is 0 Å². The van der Waals surface area contributed by atoms with E-state index in [0.717, 1.165) is 47.3 Å². The molecule has 11 nitrogen and oxygen atoms in total. The number of nitrogens with one attached hydrogen (secondary N) is 1. The van der Waals surface area contributed by atoms with Crippen LogP contribution >= 0.6 is 23.1 Å². The van der Waals surface area contributed by atoms with Gasteiger partial charge in [-0.3, -0.25) is 14.5 Å². The number of amides is 2. The molecule has 2 fully saturated rings. The summed E-state index contributed by atoms with van der Waals surface area (Å²) in [5, 5.41) is 17.6. The first kappa shape index (κ1) is 22.6. The lowest BCUT2D eigenvalue weighted by Gasteiger charge is -2.49. The van der Waals surface area contributed by atoms with Crippen molar-refractivity contribution in [2.75, 3.05) is 45.3 Å². The number of carbonyl (C=O) groups is 3. The molecule has 32 heavy (non-hydrogen) atoms. The fraction of sp³-hybridized carbons (Fsp3) is 0.526. The Kier molecular flexibility index (Phi) is 6.14. The third-order valence-electron chi connectivity index (χ3n) is 5.92. The van der Waals surface area contributed by atoms with E-state index in [1.54, 1.807) is 5.38 Å². The number of nitrogens with two attached hydrogens (primary N) is 1. The lowest BCUT2D eigenvalue weighted by Crippen LogP contribution is -2.71. The molecule has 0 saturated carbocycles. The number of anilines is 1. The number of β-lactam (4-membered cyclic amide) rings is 1. The number of likely N-dealkylation sites (N-methyl/N-ethyl adjacent to an activating group) is 1. The van der Waals surface area contributed by atoms with E-state index in [2.05, 4.69) is 22.5 Å². The molecule has 0 bridgehead atoms. The van der Waals surface area contributed by atoms with Crippen LogP contribution in [0.1, 0.15) is 18.5 Å². The highest BCUT2D eigenvalue weighted by Gasteiger charge is 2.55. The van der Waals surface area contributed by atoms with Crippen LogP contribution < -0.4 is 11.1 Å². The molecule has 1 aromatic rings. The molecule has 3 aliphatic heterocycles. The van der Waals surface area contributed by atoms with Crippen LogP contribution in [-0.2, 0) is 19.2 Å². The second-order valence-electron chi connectivity index (χ2n) is 8.24. The molecule has 4 rings (SSSR count). The number of quaternary nitrogens is 1. The number of carboxylic acids is 1. The van der Waals surface area contributed by atoms with Gasteiger partial charge in [0.25, 0.3) is 11.8 Å². The third-order valence-corrected chi connectivity index (χ3v) is 7.93. The first-order chi connectivity index (χ1) is 15.2. The van der Waals surface area contributed by atoms with Crippen molar-refractivity contribution in [1.82, 2.24) is 15.2 Å². The van der Waals surface area contributed by atoms with Crippen LogP contribution in [-0.4, -0.2) is 93.9 Å². The second kappa shape index (κ2) is 8.71. The molecule has 0 aromatic carbocycles. The summed E-state index contributed by atoms with van der Waals surface area (Å²) in [5.74, 6) is -1.71. The monoisotopic (exact) mass is 481 g/mol. The van der Waals surface area contributed by atoms with Crippen LogP contribution in [0.15, 0.2) is 21.8 Å². The van der Waals surface area contributed by atoms with Gasteiger partial charge in [0.05, 0.1) is 20.1 Å². The molecule has 4 N–H and O–H groups in total. The van der Waals surface area contributed by atoms with E-state index < -0.39 is 29.2 Å². The van der Waals surface area contributed by atoms with Crippen LogP contribution in [0.2, 0.25) is 0 Å². The maximum atomic E-state index is 12.9. The SMILES string of the molecule is CON=C(C(=O)NC1C(=O)N2C(C(=O)O)=C(C[N+]3(C)CCCC3)CS[C@@H]12)c1csc(N)n1. The second-order valence-corrected chi connectivity index (χ2v) is 10.2. The minimum Gasteiger partial charge on any atom is -0.477 e. The molecule has 0 radical (unpaired) electrons. The number of aliphatic carboxylic acids is 1. The minimum absolute atomic E-state index is 0.0496. The Morgan fingerprint density at radius 1 is 1.44 bits per heavy atom. The predicted octanol–water partition coefficient (Wildman–Crippen LogP) is 0.0548. The highest BCUT2D eigenvalue weighted by molar-refractivity contribution is 8.00. The molecule has 1 unspecified atom stereocenters. The summed E-state index contributed by atoms with van der Waals surface area (Å²) in [5.41, 5.74) is 6.59. The molecule has 0 aliphatic carbocycles. The molecular weight excluding hydrogens is 456 g/mol. The Balaban J connectivity index is 1.52. The number of aromatic nitrogens is 1. The van der Waals surface area contributed by atoms with Crippen molar-refractivity contribution in [1.29, 1.82) is 0 Å². The van der Waals surface area contributed by atoms with E-state index in [9.17, 15) is 19.5 Å². The first-order valence-corrected chi connectivity index (χ1v) is 12.0. The number of hydrogen-bond donors (Lipinski definition) is 3. The van der Waals surface area contributed by atoms with Crippen molar-refractivity contribution in [3.05, 3.63) is 22.3 Å². The highest BCUT2D eigenvalue weighted by Crippen LogP contribution is 2.41. The number of likely N-dealkylation sites (tertiary alicyclic amines) is 1.